The van der Waals surface area contributed by atoms with Crippen LogP contribution >= 0.6 is 24.0 Å². The fourth-order valence-corrected chi connectivity index (χ4v) is 2.78. The van der Waals surface area contributed by atoms with E-state index >= 15 is 0 Å². The van der Waals surface area contributed by atoms with Gasteiger partial charge in [0.25, 0.3) is 0 Å². The third kappa shape index (κ3) is 8.10. The Morgan fingerprint density at radius 3 is 2.35 bits per heavy atom. The SMILES string of the molecule is CN=C(NCCS(=O)C(C)(C)C)N(C)Cc1ccc(F)cc1.I. The maximum Gasteiger partial charge on any atom is 0.193 e. The number of nitrogens with zero attached hydrogens (tertiary/aromatic N) is 2. The van der Waals surface area contributed by atoms with Gasteiger partial charge in [0.2, 0.25) is 0 Å². The fraction of sp³-hybridized carbons (Fsp3) is 0.562. The number of nitrogens with one attached hydrogen (secondary N) is 1. The summed E-state index contributed by atoms with van der Waals surface area (Å²) in [7, 11) is 2.74. The van der Waals surface area contributed by atoms with Crippen molar-refractivity contribution in [2.24, 2.45) is 4.99 Å². The first-order valence-corrected chi connectivity index (χ1v) is 8.60. The summed E-state index contributed by atoms with van der Waals surface area (Å²) in [5, 5.41) is 3.21. The molecule has 0 radical (unpaired) electrons. The van der Waals surface area contributed by atoms with Gasteiger partial charge in [0.15, 0.2) is 5.96 Å². The van der Waals surface area contributed by atoms with Crippen molar-refractivity contribution in [3.8, 4) is 0 Å². The molecule has 1 aromatic rings. The van der Waals surface area contributed by atoms with E-state index in [1.54, 1.807) is 19.2 Å². The van der Waals surface area contributed by atoms with Gasteiger partial charge in [0.1, 0.15) is 5.82 Å². The molecule has 1 atom stereocenters. The Bertz CT molecular complexity index is 529. The van der Waals surface area contributed by atoms with Crippen molar-refractivity contribution in [3.05, 3.63) is 35.6 Å². The summed E-state index contributed by atoms with van der Waals surface area (Å²) in [6.07, 6.45) is 0. The van der Waals surface area contributed by atoms with Crippen LogP contribution < -0.4 is 5.32 Å². The van der Waals surface area contributed by atoms with Crippen molar-refractivity contribution in [2.45, 2.75) is 32.1 Å². The zero-order valence-corrected chi connectivity index (χ0v) is 17.6. The van der Waals surface area contributed by atoms with E-state index in [-0.39, 0.29) is 34.5 Å². The normalized spacial score (nSPS) is 13.2. The number of benzene rings is 1. The predicted molar refractivity (Wildman–Crippen MR) is 107 cm³/mol. The van der Waals surface area contributed by atoms with Gasteiger partial charge in [-0.2, -0.15) is 0 Å². The van der Waals surface area contributed by atoms with Crippen LogP contribution in [0, 0.1) is 5.82 Å². The van der Waals surface area contributed by atoms with Crippen LogP contribution in [0.15, 0.2) is 29.3 Å². The van der Waals surface area contributed by atoms with E-state index in [1.807, 2.05) is 32.7 Å². The molecule has 0 fully saturated rings. The molecule has 7 heteroatoms. The number of hydrogen-bond acceptors (Lipinski definition) is 2. The first-order valence-electron chi connectivity index (χ1n) is 7.28. The van der Waals surface area contributed by atoms with Crippen molar-refractivity contribution < 1.29 is 8.60 Å². The summed E-state index contributed by atoms with van der Waals surface area (Å²) < 4.78 is 24.7. The second-order valence-corrected chi connectivity index (χ2v) is 8.44. The molecule has 0 aliphatic heterocycles. The van der Waals surface area contributed by atoms with E-state index in [2.05, 4.69) is 10.3 Å². The lowest BCUT2D eigenvalue weighted by Crippen LogP contribution is -2.41. The van der Waals surface area contributed by atoms with E-state index in [9.17, 15) is 8.60 Å². The summed E-state index contributed by atoms with van der Waals surface area (Å²) in [6, 6.07) is 6.42. The van der Waals surface area contributed by atoms with Crippen LogP contribution in [-0.4, -0.2) is 46.2 Å². The largest absolute Gasteiger partial charge is 0.355 e. The third-order valence-corrected chi connectivity index (χ3v) is 5.10. The highest BCUT2D eigenvalue weighted by atomic mass is 127. The standard InChI is InChI=1S/C16H26FN3OS.HI/c1-16(2,3)22(21)11-10-19-15(18-4)20(5)12-13-6-8-14(17)9-7-13;/h6-9H,10-12H2,1-5H3,(H,18,19);1H. The van der Waals surface area contributed by atoms with Gasteiger partial charge in [-0.25, -0.2) is 4.39 Å². The van der Waals surface area contributed by atoms with Crippen LogP contribution in [0.1, 0.15) is 26.3 Å². The number of aliphatic imine (C=N–C) groups is 1. The lowest BCUT2D eigenvalue weighted by molar-refractivity contribution is 0.478. The smallest absolute Gasteiger partial charge is 0.193 e. The minimum atomic E-state index is -0.887. The number of hydrogen-bond donors (Lipinski definition) is 1. The molecule has 1 N–H and O–H groups in total. The second kappa shape index (κ2) is 10.2. The molecule has 0 heterocycles. The zero-order valence-electron chi connectivity index (χ0n) is 14.4. The first kappa shape index (κ1) is 22.3. The molecule has 132 valence electrons. The minimum absolute atomic E-state index is 0. The van der Waals surface area contributed by atoms with Gasteiger partial charge in [-0.15, -0.1) is 24.0 Å². The molecule has 1 aromatic carbocycles. The van der Waals surface area contributed by atoms with Gasteiger partial charge in [-0.05, 0) is 38.5 Å². The Hall–Kier alpha value is -0.700. The van der Waals surface area contributed by atoms with Crippen molar-refractivity contribution in [2.75, 3.05) is 26.4 Å². The summed E-state index contributed by atoms with van der Waals surface area (Å²) in [4.78, 5) is 6.17. The highest BCUT2D eigenvalue weighted by Gasteiger charge is 2.19. The molecule has 0 aromatic heterocycles. The van der Waals surface area contributed by atoms with Crippen LogP contribution in [0.4, 0.5) is 4.39 Å². The van der Waals surface area contributed by atoms with Gasteiger partial charge in [0.05, 0.1) is 0 Å². The molecule has 1 rings (SSSR count). The van der Waals surface area contributed by atoms with Gasteiger partial charge < -0.3 is 10.2 Å². The number of halogens is 2. The van der Waals surface area contributed by atoms with Gasteiger partial charge in [-0.3, -0.25) is 9.20 Å². The first-order chi connectivity index (χ1) is 10.2. The third-order valence-electron chi connectivity index (χ3n) is 3.16. The molecule has 0 aliphatic carbocycles. The molecule has 0 aliphatic rings. The van der Waals surface area contributed by atoms with Gasteiger partial charge in [0, 0.05) is 48.5 Å². The van der Waals surface area contributed by atoms with Crippen LogP contribution in [-0.2, 0) is 17.3 Å². The highest BCUT2D eigenvalue weighted by molar-refractivity contribution is 14.0. The summed E-state index contributed by atoms with van der Waals surface area (Å²) in [5.41, 5.74) is 1.00. The lowest BCUT2D eigenvalue weighted by atomic mass is 10.2. The highest BCUT2D eigenvalue weighted by Crippen LogP contribution is 2.10. The molecule has 0 saturated heterocycles. The second-order valence-electron chi connectivity index (χ2n) is 6.12. The zero-order chi connectivity index (χ0) is 16.8. The van der Waals surface area contributed by atoms with E-state index in [0.29, 0.717) is 18.8 Å². The summed E-state index contributed by atoms with van der Waals surface area (Å²) in [6.45, 7) is 7.14. The van der Waals surface area contributed by atoms with Crippen LogP contribution in [0.3, 0.4) is 0 Å². The minimum Gasteiger partial charge on any atom is -0.355 e. The Morgan fingerprint density at radius 1 is 1.30 bits per heavy atom. The van der Waals surface area contributed by atoms with Gasteiger partial charge in [-0.1, -0.05) is 12.1 Å². The molecular weight excluding hydrogens is 428 g/mol. The van der Waals surface area contributed by atoms with E-state index in [4.69, 9.17) is 0 Å². The Labute approximate surface area is 158 Å². The van der Waals surface area contributed by atoms with E-state index < -0.39 is 10.8 Å². The molecule has 0 saturated carbocycles. The van der Waals surface area contributed by atoms with E-state index in [0.717, 1.165) is 11.5 Å². The summed E-state index contributed by atoms with van der Waals surface area (Å²) >= 11 is 0. The van der Waals surface area contributed by atoms with Crippen molar-refractivity contribution in [1.29, 1.82) is 0 Å². The Morgan fingerprint density at radius 2 is 1.87 bits per heavy atom. The molecule has 0 amide bonds. The molecule has 4 nitrogen and oxygen atoms in total. The van der Waals surface area contributed by atoms with Crippen molar-refractivity contribution in [1.82, 2.24) is 10.2 Å². The Kier molecular flexibility index (Phi) is 9.91. The van der Waals surface area contributed by atoms with Crippen LogP contribution in [0.25, 0.3) is 0 Å². The van der Waals surface area contributed by atoms with Crippen LogP contribution in [0.5, 0.6) is 0 Å². The Balaban J connectivity index is 0.00000484. The van der Waals surface area contributed by atoms with E-state index in [1.165, 1.54) is 12.1 Å². The number of guanidine groups is 1. The van der Waals surface area contributed by atoms with Gasteiger partial charge >= 0.3 is 0 Å². The van der Waals surface area contributed by atoms with Crippen LogP contribution in [0.2, 0.25) is 0 Å². The van der Waals surface area contributed by atoms with Crippen molar-refractivity contribution >= 4 is 40.7 Å². The lowest BCUT2D eigenvalue weighted by Gasteiger charge is -2.23. The molecule has 23 heavy (non-hydrogen) atoms. The molecule has 0 bridgehead atoms. The molecule has 1 unspecified atom stereocenters. The number of rotatable bonds is 5. The maximum absolute atomic E-state index is 12.9. The summed E-state index contributed by atoms with van der Waals surface area (Å²) in [5.74, 6) is 1.07. The average molecular weight is 455 g/mol. The predicted octanol–water partition coefficient (Wildman–Crippen LogP) is 3.00. The monoisotopic (exact) mass is 455 g/mol. The average Bonchev–Trinajstić information content (AvgIpc) is 2.44. The fourth-order valence-electron chi connectivity index (χ4n) is 1.89. The maximum atomic E-state index is 12.9. The topological polar surface area (TPSA) is 44.7 Å². The quantitative estimate of drug-likeness (QED) is 0.422. The molecular formula is C16H27FIN3OS. The van der Waals surface area contributed by atoms with Crippen molar-refractivity contribution in [3.63, 3.8) is 0 Å². The molecule has 0 spiro atoms.